The van der Waals surface area contributed by atoms with Gasteiger partial charge < -0.3 is 15.1 Å². The largest absolute Gasteiger partial charge is 0.355 e. The van der Waals surface area contributed by atoms with E-state index in [2.05, 4.69) is 302 Å². The molecule has 1 heterocycles. The minimum atomic E-state index is 1.00. The van der Waals surface area contributed by atoms with Crippen LogP contribution < -0.4 is 26.0 Å². The number of nitrogens with zero attached hydrogens (tertiary/aromatic N) is 2. The van der Waals surface area contributed by atoms with E-state index in [1.54, 1.807) is 0 Å². The zero-order chi connectivity index (χ0) is 47.5. The van der Waals surface area contributed by atoms with Gasteiger partial charge in [-0.15, -0.1) is 0 Å². The fourth-order valence-electron chi connectivity index (χ4n) is 10.1. The molecule has 0 saturated heterocycles. The van der Waals surface area contributed by atoms with Gasteiger partial charge in [0.05, 0.1) is 0 Å². The van der Waals surface area contributed by atoms with Gasteiger partial charge in [-0.05, 0) is 153 Å². The van der Waals surface area contributed by atoms with E-state index in [1.807, 2.05) is 0 Å². The molecule has 1 radical (unpaired) electrons. The lowest BCUT2D eigenvalue weighted by Gasteiger charge is -2.36. The maximum Gasteiger partial charge on any atom is 0.197 e. The summed E-state index contributed by atoms with van der Waals surface area (Å²) in [5.41, 5.74) is 23.7. The first-order chi connectivity index (χ1) is 35.1. The highest BCUT2D eigenvalue weighted by molar-refractivity contribution is 6.73. The first-order valence-electron chi connectivity index (χ1n) is 24.3. The van der Waals surface area contributed by atoms with Crippen molar-refractivity contribution >= 4 is 63.7 Å². The summed E-state index contributed by atoms with van der Waals surface area (Å²) in [6.07, 6.45) is 0. The van der Waals surface area contributed by atoms with Crippen LogP contribution in [0.3, 0.4) is 0 Å². The van der Waals surface area contributed by atoms with E-state index in [0.29, 0.717) is 0 Å². The summed E-state index contributed by atoms with van der Waals surface area (Å²) < 4.78 is 0. The Hall–Kier alpha value is -9.12. The first kappa shape index (κ1) is 43.2. The van der Waals surface area contributed by atoms with Crippen molar-refractivity contribution in [1.82, 2.24) is 0 Å². The Morgan fingerprint density at radius 2 is 0.859 bits per heavy atom. The Morgan fingerprint density at radius 1 is 0.352 bits per heavy atom. The van der Waals surface area contributed by atoms with E-state index in [0.717, 1.165) is 73.1 Å². The lowest BCUT2D eigenvalue weighted by Crippen LogP contribution is -2.41. The zero-order valence-electron chi connectivity index (χ0n) is 39.5. The Kier molecular flexibility index (Phi) is 11.6. The van der Waals surface area contributed by atoms with E-state index >= 15 is 0 Å². The van der Waals surface area contributed by atoms with Crippen LogP contribution in [0.15, 0.2) is 273 Å². The average molecular weight is 907 g/mol. The summed E-state index contributed by atoms with van der Waals surface area (Å²) in [7, 11) is 2.42. The third kappa shape index (κ3) is 8.69. The zero-order valence-corrected chi connectivity index (χ0v) is 39.5. The van der Waals surface area contributed by atoms with Crippen LogP contribution in [0.1, 0.15) is 5.56 Å². The van der Waals surface area contributed by atoms with Crippen LogP contribution in [0, 0.1) is 6.92 Å². The maximum absolute atomic E-state index is 3.94. The van der Waals surface area contributed by atoms with Crippen molar-refractivity contribution in [2.75, 3.05) is 15.1 Å². The van der Waals surface area contributed by atoms with Crippen molar-refractivity contribution in [3.63, 3.8) is 0 Å². The topological polar surface area (TPSA) is 18.5 Å². The molecule has 0 amide bonds. The lowest BCUT2D eigenvalue weighted by atomic mass is 9.57. The molecule has 0 aliphatic carbocycles. The summed E-state index contributed by atoms with van der Waals surface area (Å²) in [6, 6.07) is 98.4. The molecule has 71 heavy (non-hydrogen) atoms. The van der Waals surface area contributed by atoms with Gasteiger partial charge in [-0.3, -0.25) is 0 Å². The van der Waals surface area contributed by atoms with Gasteiger partial charge in [0.2, 0.25) is 0 Å². The van der Waals surface area contributed by atoms with Crippen molar-refractivity contribution in [2.24, 2.45) is 0 Å². The second-order valence-electron chi connectivity index (χ2n) is 18.1. The van der Waals surface area contributed by atoms with Crippen LogP contribution in [0.4, 0.5) is 45.5 Å². The molecule has 0 unspecified atom stereocenters. The molecule has 12 rings (SSSR count). The van der Waals surface area contributed by atoms with Gasteiger partial charge in [0.1, 0.15) is 0 Å². The first-order valence-corrected chi connectivity index (χ1v) is 24.3. The predicted molar refractivity (Wildman–Crippen MR) is 302 cm³/mol. The van der Waals surface area contributed by atoms with Crippen molar-refractivity contribution in [1.29, 1.82) is 0 Å². The summed E-state index contributed by atoms with van der Waals surface area (Å²) in [5, 5.41) is 3.94. The minimum absolute atomic E-state index is 1.00. The molecule has 0 aromatic heterocycles. The molecule has 0 bridgehead atoms. The van der Waals surface area contributed by atoms with Crippen molar-refractivity contribution in [2.45, 2.75) is 6.92 Å². The highest BCUT2D eigenvalue weighted by Gasteiger charge is 2.30. The fourth-order valence-corrected chi connectivity index (χ4v) is 10.1. The monoisotopic (exact) mass is 906 g/mol. The number of benzene rings is 11. The Morgan fingerprint density at radius 3 is 1.45 bits per heavy atom. The molecule has 0 spiro atoms. The number of aryl methyl sites for hydroxylation is 1. The van der Waals surface area contributed by atoms with Gasteiger partial charge in [-0.1, -0.05) is 194 Å². The molecular weight excluding hydrogens is 858 g/mol. The van der Waals surface area contributed by atoms with Crippen LogP contribution in [0.2, 0.25) is 0 Å². The van der Waals surface area contributed by atoms with Crippen molar-refractivity contribution in [3.05, 3.63) is 279 Å². The van der Waals surface area contributed by atoms with Crippen LogP contribution in [-0.2, 0) is 0 Å². The van der Waals surface area contributed by atoms with Crippen LogP contribution >= 0.6 is 0 Å². The second kappa shape index (κ2) is 19.1. The molecule has 4 heteroatoms. The van der Waals surface area contributed by atoms with E-state index < -0.39 is 0 Å². The van der Waals surface area contributed by atoms with Crippen LogP contribution in [-0.4, -0.2) is 7.28 Å². The molecule has 335 valence electrons. The molecule has 1 N–H and O–H groups in total. The van der Waals surface area contributed by atoms with Crippen LogP contribution in [0.5, 0.6) is 0 Å². The Labute approximate surface area is 417 Å². The van der Waals surface area contributed by atoms with Crippen molar-refractivity contribution in [3.8, 4) is 55.6 Å². The number of hydrogen-bond donors (Lipinski definition) is 1. The summed E-state index contributed by atoms with van der Waals surface area (Å²) in [4.78, 5) is 4.82. The number of para-hydroxylation sites is 2. The fraction of sp³-hybridized carbons (Fsp3) is 0.0149. The Balaban J connectivity index is 1.10. The SMILES string of the molecule is Cc1ccccc1-c1cc(-c2cc(N(c3ccccc3)c3ccccc3)ccc2Nc2ccc(-c3ccccc3)cc2)c2c(c1)N(c1ccc(-c3ccccc3)cc1)c1ccc(-c3ccccc3)cc1[B]2. The molecular formula is C67H49BN3. The number of rotatable bonds is 11. The van der Waals surface area contributed by atoms with Gasteiger partial charge in [-0.25, -0.2) is 0 Å². The predicted octanol–water partition coefficient (Wildman–Crippen LogP) is 17.0. The maximum atomic E-state index is 3.94. The molecule has 0 fully saturated rings. The van der Waals surface area contributed by atoms with Gasteiger partial charge in [0.15, 0.2) is 7.28 Å². The second-order valence-corrected chi connectivity index (χ2v) is 18.1. The normalized spacial score (nSPS) is 11.5. The molecule has 3 nitrogen and oxygen atoms in total. The van der Waals surface area contributed by atoms with Gasteiger partial charge in [-0.2, -0.15) is 0 Å². The van der Waals surface area contributed by atoms with Gasteiger partial charge in [0.25, 0.3) is 0 Å². The quantitative estimate of drug-likeness (QED) is 0.130. The van der Waals surface area contributed by atoms with E-state index in [4.69, 9.17) is 0 Å². The average Bonchev–Trinajstić information content (AvgIpc) is 3.44. The molecule has 1 aliphatic rings. The number of fused-ring (bicyclic) bond motifs is 2. The molecule has 0 atom stereocenters. The highest BCUT2D eigenvalue weighted by Crippen LogP contribution is 2.45. The third-order valence-corrected chi connectivity index (χ3v) is 13.6. The lowest BCUT2D eigenvalue weighted by molar-refractivity contribution is 1.28. The molecule has 11 aromatic carbocycles. The van der Waals surface area contributed by atoms with Crippen molar-refractivity contribution < 1.29 is 0 Å². The summed E-state index contributed by atoms with van der Waals surface area (Å²) in [6.45, 7) is 2.21. The van der Waals surface area contributed by atoms with E-state index in [9.17, 15) is 0 Å². The molecule has 11 aromatic rings. The summed E-state index contributed by atoms with van der Waals surface area (Å²) in [5.74, 6) is 0. The smallest absolute Gasteiger partial charge is 0.197 e. The van der Waals surface area contributed by atoms with Gasteiger partial charge in [0, 0.05) is 51.1 Å². The Bertz CT molecular complexity index is 3580. The van der Waals surface area contributed by atoms with Crippen LogP contribution in [0.25, 0.3) is 55.6 Å². The number of hydrogen-bond acceptors (Lipinski definition) is 3. The third-order valence-electron chi connectivity index (χ3n) is 13.6. The minimum Gasteiger partial charge on any atom is -0.355 e. The highest BCUT2D eigenvalue weighted by atomic mass is 15.2. The molecule has 0 saturated carbocycles. The van der Waals surface area contributed by atoms with E-state index in [1.165, 1.54) is 44.5 Å². The molecule has 1 aliphatic heterocycles. The van der Waals surface area contributed by atoms with Gasteiger partial charge >= 0.3 is 0 Å². The van der Waals surface area contributed by atoms with E-state index in [-0.39, 0.29) is 0 Å². The number of anilines is 8. The standard InChI is InChI=1S/C67H49BN3/c1-47-19-17-18-30-60(47)54-43-62(67-66(45-54)71(58-38-33-52(34-39-58)49-22-9-3-10-23-49)65-42-35-53(44-63(65)68-67)50-24-11-4-12-25-50)61-46-59(70(56-26-13-5-14-27-56)57-28-15-6-16-29-57)40-41-64(61)69-55-36-31-51(32-37-55)48-20-7-2-8-21-48/h2-46,69H,1H3. The summed E-state index contributed by atoms with van der Waals surface area (Å²) >= 11 is 0. The number of nitrogens with one attached hydrogen (secondary N) is 1.